The van der Waals surface area contributed by atoms with Gasteiger partial charge in [-0.05, 0) is 79.8 Å². The standard InChI is InChI=1S/C28H26N2OS.ClHO4/c1-5-30-24-17-22(21-9-7-6-8-10-21)11-12-25(24)31-28(30)14-18(2)13-27-29-23-15-19(3)20(4)16-26(23)32-27;2-1(3,4)5/h6-17H,5H2,1-4H3;(H,2,3,4,5). The highest BCUT2D eigenvalue weighted by Crippen LogP contribution is 2.42. The Kier molecular flexibility index (Phi) is 8.08. The number of aryl methyl sites for hydroxylation is 3. The maximum absolute atomic E-state index is 8.49. The maximum atomic E-state index is 8.49. The smallest absolute Gasteiger partial charge is 0.374 e. The number of benzene rings is 3. The number of hydrogen-bond donors (Lipinski definition) is 1. The Bertz CT molecular complexity index is 1450. The Hall–Kier alpha value is -3.11. The summed E-state index contributed by atoms with van der Waals surface area (Å²) in [6, 6.07) is 21.4. The Morgan fingerprint density at radius 2 is 1.65 bits per heavy atom. The van der Waals surface area contributed by atoms with Gasteiger partial charge in [-0.3, -0.25) is 0 Å². The molecular formula is C28H27ClN2O5S. The molecule has 0 amide bonds. The zero-order valence-corrected chi connectivity index (χ0v) is 22.5. The molecular weight excluding hydrogens is 512 g/mol. The van der Waals surface area contributed by atoms with E-state index in [0.717, 1.165) is 34.1 Å². The fourth-order valence-electron chi connectivity index (χ4n) is 4.10. The fraction of sp³-hybridized carbons (Fsp3) is 0.179. The molecule has 0 saturated heterocycles. The van der Waals surface area contributed by atoms with Gasteiger partial charge in [0.05, 0.1) is 16.8 Å². The number of nitrogens with one attached hydrogen (secondary N) is 1. The van der Waals surface area contributed by atoms with E-state index in [1.54, 1.807) is 11.8 Å². The van der Waals surface area contributed by atoms with Gasteiger partial charge in [-0.2, -0.15) is 4.57 Å². The summed E-state index contributed by atoms with van der Waals surface area (Å²) in [6.45, 7) is 9.45. The lowest BCUT2D eigenvalue weighted by atomic mass is 10.1. The van der Waals surface area contributed by atoms with Gasteiger partial charge in [-0.15, -0.1) is 10.2 Å². The summed E-state index contributed by atoms with van der Waals surface area (Å²) in [4.78, 5) is 1.29. The van der Waals surface area contributed by atoms with E-state index >= 15 is 0 Å². The van der Waals surface area contributed by atoms with Crippen LogP contribution >= 0.6 is 11.8 Å². The van der Waals surface area contributed by atoms with Gasteiger partial charge in [0.1, 0.15) is 6.54 Å². The molecule has 0 bridgehead atoms. The maximum Gasteiger partial charge on any atom is 0.374 e. The number of rotatable bonds is 4. The summed E-state index contributed by atoms with van der Waals surface area (Å²) in [7, 11) is -4.94. The third-order valence-electron chi connectivity index (χ3n) is 5.94. The molecule has 2 heterocycles. The van der Waals surface area contributed by atoms with Gasteiger partial charge < -0.3 is 9.73 Å². The number of fused-ring (bicyclic) bond motifs is 2. The quantitative estimate of drug-likeness (QED) is 0.396. The van der Waals surface area contributed by atoms with Crippen LogP contribution in [0.25, 0.3) is 28.3 Å². The minimum atomic E-state index is -4.94. The highest BCUT2D eigenvalue weighted by atomic mass is 35.7. The molecule has 9 heteroatoms. The summed E-state index contributed by atoms with van der Waals surface area (Å²) in [5.41, 5.74) is 9.41. The number of allylic oxidation sites excluding steroid dienone is 2. The molecule has 1 aromatic heterocycles. The van der Waals surface area contributed by atoms with Crippen LogP contribution in [-0.4, -0.2) is 0 Å². The second kappa shape index (κ2) is 11.1. The normalized spacial score (nSPS) is 14.4. The van der Waals surface area contributed by atoms with Crippen molar-refractivity contribution in [3.05, 3.63) is 94.4 Å². The molecule has 37 heavy (non-hydrogen) atoms. The third kappa shape index (κ3) is 6.81. The highest BCUT2D eigenvalue weighted by molar-refractivity contribution is 8.03. The molecule has 0 fully saturated rings. The number of halogens is 1. The van der Waals surface area contributed by atoms with E-state index in [-0.39, 0.29) is 0 Å². The third-order valence-corrected chi connectivity index (χ3v) is 6.93. The first-order valence-electron chi connectivity index (χ1n) is 11.6. The minimum Gasteiger partial charge on any atom is -0.398 e. The number of oxazole rings is 1. The van der Waals surface area contributed by atoms with Gasteiger partial charge in [0, 0.05) is 11.0 Å². The lowest BCUT2D eigenvalue weighted by Gasteiger charge is -2.17. The van der Waals surface area contributed by atoms with Crippen LogP contribution in [0.4, 0.5) is 5.69 Å². The molecule has 5 rings (SSSR count). The molecule has 0 aliphatic carbocycles. The van der Waals surface area contributed by atoms with Gasteiger partial charge in [0.2, 0.25) is 5.58 Å². The van der Waals surface area contributed by atoms with Crippen LogP contribution < -0.4 is 28.5 Å². The zero-order valence-electron chi connectivity index (χ0n) is 20.9. The monoisotopic (exact) mass is 538 g/mol. The van der Waals surface area contributed by atoms with E-state index in [1.807, 2.05) is 6.07 Å². The Morgan fingerprint density at radius 3 is 2.32 bits per heavy atom. The predicted octanol–water partition coefficient (Wildman–Crippen LogP) is 2.73. The van der Waals surface area contributed by atoms with Crippen molar-refractivity contribution in [3.8, 4) is 11.1 Å². The average Bonchev–Trinajstić information content (AvgIpc) is 3.37. The van der Waals surface area contributed by atoms with Gasteiger partial charge in [0.25, 0.3) is 5.52 Å². The van der Waals surface area contributed by atoms with E-state index in [4.69, 9.17) is 23.1 Å². The molecule has 0 saturated carbocycles. The van der Waals surface area contributed by atoms with Crippen molar-refractivity contribution in [2.24, 2.45) is 0 Å². The van der Waals surface area contributed by atoms with Crippen LogP contribution in [0.15, 0.2) is 86.7 Å². The number of hydrogen-bond acceptors (Lipinski definition) is 7. The molecule has 7 nitrogen and oxygen atoms in total. The summed E-state index contributed by atoms with van der Waals surface area (Å²) < 4.78 is 42.4. The molecule has 0 radical (unpaired) electrons. The second-order valence-corrected chi connectivity index (χ2v) is 10.5. The molecule has 0 spiro atoms. The van der Waals surface area contributed by atoms with Crippen molar-refractivity contribution in [1.29, 1.82) is 0 Å². The first-order valence-corrected chi connectivity index (χ1v) is 13.7. The summed E-state index contributed by atoms with van der Waals surface area (Å²) >= 11 is 1.78. The molecule has 4 aromatic rings. The van der Waals surface area contributed by atoms with E-state index in [2.05, 4.69) is 104 Å². The first kappa shape index (κ1) is 26.9. The lowest BCUT2D eigenvalue weighted by Crippen LogP contribution is -2.68. The second-order valence-electron chi connectivity index (χ2n) is 8.67. The van der Waals surface area contributed by atoms with E-state index in [9.17, 15) is 0 Å². The van der Waals surface area contributed by atoms with E-state index < -0.39 is 10.2 Å². The van der Waals surface area contributed by atoms with E-state index in [0.29, 0.717) is 0 Å². The van der Waals surface area contributed by atoms with Gasteiger partial charge in [-0.25, -0.2) is 18.6 Å². The largest absolute Gasteiger partial charge is 0.398 e. The van der Waals surface area contributed by atoms with Crippen molar-refractivity contribution in [3.63, 3.8) is 0 Å². The topological polar surface area (TPSA) is 121 Å². The van der Waals surface area contributed by atoms with Crippen LogP contribution in [0.5, 0.6) is 0 Å². The first-order chi connectivity index (χ1) is 17.5. The van der Waals surface area contributed by atoms with Crippen LogP contribution in [0.1, 0.15) is 30.9 Å². The fourth-order valence-corrected chi connectivity index (χ4v) is 5.20. The Balaban J connectivity index is 0.000000586. The highest BCUT2D eigenvalue weighted by Gasteiger charge is 2.21. The Labute approximate surface area is 222 Å². The van der Waals surface area contributed by atoms with Crippen LogP contribution in [-0.2, 0) is 6.54 Å². The van der Waals surface area contributed by atoms with Gasteiger partial charge >= 0.3 is 5.89 Å². The van der Waals surface area contributed by atoms with Crippen molar-refractivity contribution in [1.82, 2.24) is 0 Å². The SMILES string of the molecule is CC[n+]1c(/C=C(C)/C=C2/Nc3cc(C)c(C)cc3S2)oc2ccc(-c3ccccc3)cc21.[O-][Cl+3]([O-])([O-])[O-]. The predicted molar refractivity (Wildman–Crippen MR) is 135 cm³/mol. The van der Waals surface area contributed by atoms with Crippen LogP contribution in [0.2, 0.25) is 0 Å². The molecule has 3 aromatic carbocycles. The van der Waals surface area contributed by atoms with Gasteiger partial charge in [0.15, 0.2) is 0 Å². The van der Waals surface area contributed by atoms with Crippen LogP contribution in [0, 0.1) is 24.1 Å². The number of thioether (sulfide) groups is 1. The lowest BCUT2D eigenvalue weighted by molar-refractivity contribution is -2.00. The number of aromatic nitrogens is 1. The van der Waals surface area contributed by atoms with E-state index in [1.165, 1.54) is 32.8 Å². The van der Waals surface area contributed by atoms with Crippen molar-refractivity contribution >= 4 is 34.6 Å². The van der Waals surface area contributed by atoms with Crippen molar-refractivity contribution in [2.75, 3.05) is 5.32 Å². The molecule has 0 atom stereocenters. The molecule has 1 N–H and O–H groups in total. The Morgan fingerprint density at radius 1 is 0.973 bits per heavy atom. The average molecular weight is 539 g/mol. The zero-order chi connectivity index (χ0) is 26.7. The molecule has 1 aliphatic rings. The summed E-state index contributed by atoms with van der Waals surface area (Å²) in [6.07, 6.45) is 4.32. The number of anilines is 1. The molecule has 1 aliphatic heterocycles. The molecule has 192 valence electrons. The van der Waals surface area contributed by atoms with Gasteiger partial charge in [-0.1, -0.05) is 48.2 Å². The number of nitrogens with zero attached hydrogens (tertiary/aromatic N) is 1. The summed E-state index contributed by atoms with van der Waals surface area (Å²) in [5.74, 6) is 0.870. The van der Waals surface area contributed by atoms with Crippen LogP contribution in [0.3, 0.4) is 0 Å². The van der Waals surface area contributed by atoms with Crippen molar-refractivity contribution < 1.29 is 37.9 Å². The summed E-state index contributed by atoms with van der Waals surface area (Å²) in [5, 5.41) is 4.69. The molecule has 0 unspecified atom stereocenters. The minimum absolute atomic E-state index is 0.845. The van der Waals surface area contributed by atoms with Crippen molar-refractivity contribution in [2.45, 2.75) is 39.1 Å².